The summed E-state index contributed by atoms with van der Waals surface area (Å²) in [5, 5.41) is 0. The van der Waals surface area contributed by atoms with E-state index in [9.17, 15) is 13.2 Å². The predicted molar refractivity (Wildman–Crippen MR) is 63.8 cm³/mol. The third kappa shape index (κ3) is 5.01. The average Bonchev–Trinajstić information content (AvgIpc) is 2.14. The van der Waals surface area contributed by atoms with Crippen molar-refractivity contribution < 1.29 is 17.9 Å². The topological polar surface area (TPSA) is 75.7 Å². The maximum atomic E-state index is 11.8. The Morgan fingerprint density at radius 1 is 1.47 bits per heavy atom. The van der Waals surface area contributed by atoms with Gasteiger partial charge in [0, 0.05) is 13.1 Å². The second-order valence-electron chi connectivity index (χ2n) is 4.51. The van der Waals surface area contributed by atoms with Gasteiger partial charge in [0.2, 0.25) is 10.0 Å². The molecule has 0 aromatic rings. The number of hydrogen-bond donors (Lipinski definition) is 1. The Balaban J connectivity index is 2.67. The summed E-state index contributed by atoms with van der Waals surface area (Å²) in [6, 6.07) is -0.534. The number of amides is 1. The summed E-state index contributed by atoms with van der Waals surface area (Å²) in [5.74, 6) is 0.650. The van der Waals surface area contributed by atoms with Gasteiger partial charge in [-0.2, -0.15) is 0 Å². The second-order valence-corrected chi connectivity index (χ2v) is 6.26. The van der Waals surface area contributed by atoms with Crippen molar-refractivity contribution >= 4 is 15.9 Å². The van der Waals surface area contributed by atoms with E-state index in [1.807, 2.05) is 23.5 Å². The lowest BCUT2D eigenvalue weighted by atomic mass is 10.1. The predicted octanol–water partition coefficient (Wildman–Crippen LogP) is -0.623. The van der Waals surface area contributed by atoms with Gasteiger partial charge in [0.25, 0.3) is 5.91 Å². The van der Waals surface area contributed by atoms with Gasteiger partial charge in [-0.1, -0.05) is 13.8 Å². The molecule has 1 atom stereocenters. The number of nitrogens with zero attached hydrogens (tertiary/aromatic N) is 1. The highest BCUT2D eigenvalue weighted by Gasteiger charge is 2.31. The molecule has 1 rings (SSSR count). The van der Waals surface area contributed by atoms with E-state index in [0.29, 0.717) is 19.7 Å². The van der Waals surface area contributed by atoms with Gasteiger partial charge in [-0.15, -0.1) is 0 Å². The van der Waals surface area contributed by atoms with E-state index in [0.717, 1.165) is 6.26 Å². The SMILES string of the molecule is C[C](C)CN1CCOC[C@H]1C(=O)NS(C)(=O)=O. The molecule has 1 aliphatic rings. The van der Waals surface area contributed by atoms with Crippen LogP contribution in [-0.2, 0) is 19.6 Å². The molecule has 1 aliphatic heterocycles. The van der Waals surface area contributed by atoms with Crippen molar-refractivity contribution in [2.75, 3.05) is 32.6 Å². The molecular weight excluding hydrogens is 244 g/mol. The minimum Gasteiger partial charge on any atom is -0.378 e. The third-order valence-corrected chi connectivity index (χ3v) is 2.92. The van der Waals surface area contributed by atoms with Crippen LogP contribution in [0.4, 0.5) is 0 Å². The zero-order valence-electron chi connectivity index (χ0n) is 10.4. The van der Waals surface area contributed by atoms with Crippen LogP contribution in [0, 0.1) is 5.92 Å². The van der Waals surface area contributed by atoms with Crippen LogP contribution in [0.1, 0.15) is 13.8 Å². The van der Waals surface area contributed by atoms with Crippen LogP contribution in [-0.4, -0.2) is 57.8 Å². The minimum atomic E-state index is -3.51. The van der Waals surface area contributed by atoms with Crippen molar-refractivity contribution in [3.63, 3.8) is 0 Å². The smallest absolute Gasteiger partial charge is 0.253 e. The van der Waals surface area contributed by atoms with Crippen LogP contribution in [0.15, 0.2) is 0 Å². The van der Waals surface area contributed by atoms with Crippen molar-refractivity contribution in [2.45, 2.75) is 19.9 Å². The van der Waals surface area contributed by atoms with E-state index in [1.54, 1.807) is 0 Å². The summed E-state index contributed by atoms with van der Waals surface area (Å²) < 4.78 is 29.3. The summed E-state index contributed by atoms with van der Waals surface area (Å²) in [4.78, 5) is 13.7. The molecule has 1 fully saturated rings. The van der Waals surface area contributed by atoms with Gasteiger partial charge >= 0.3 is 0 Å². The molecule has 17 heavy (non-hydrogen) atoms. The highest BCUT2D eigenvalue weighted by Crippen LogP contribution is 2.11. The molecule has 1 heterocycles. The largest absolute Gasteiger partial charge is 0.378 e. The lowest BCUT2D eigenvalue weighted by Gasteiger charge is -2.35. The molecule has 1 amide bonds. The molecule has 0 aliphatic carbocycles. The Bertz CT molecular complexity index is 367. The van der Waals surface area contributed by atoms with Crippen molar-refractivity contribution in [1.29, 1.82) is 0 Å². The maximum absolute atomic E-state index is 11.8. The second kappa shape index (κ2) is 5.79. The molecule has 0 aromatic carbocycles. The molecule has 7 heteroatoms. The van der Waals surface area contributed by atoms with E-state index >= 15 is 0 Å². The number of rotatable bonds is 4. The minimum absolute atomic E-state index is 0.231. The Kier molecular flexibility index (Phi) is 4.91. The summed E-state index contributed by atoms with van der Waals surface area (Å²) in [6.45, 7) is 6.05. The van der Waals surface area contributed by atoms with Crippen LogP contribution in [0.5, 0.6) is 0 Å². The molecule has 99 valence electrons. The van der Waals surface area contributed by atoms with E-state index in [1.165, 1.54) is 5.92 Å². The van der Waals surface area contributed by atoms with Gasteiger partial charge < -0.3 is 4.74 Å². The highest BCUT2D eigenvalue weighted by atomic mass is 32.2. The van der Waals surface area contributed by atoms with Crippen molar-refractivity contribution in [2.24, 2.45) is 0 Å². The first kappa shape index (κ1) is 14.4. The number of sulfonamides is 1. The first-order valence-corrected chi connectivity index (χ1v) is 7.31. The fraction of sp³-hybridized carbons (Fsp3) is 0.800. The molecule has 0 spiro atoms. The Labute approximate surface area is 102 Å². The fourth-order valence-corrected chi connectivity index (χ4v) is 2.23. The zero-order valence-corrected chi connectivity index (χ0v) is 11.2. The van der Waals surface area contributed by atoms with Crippen molar-refractivity contribution in [3.8, 4) is 0 Å². The summed E-state index contributed by atoms with van der Waals surface area (Å²) in [6.07, 6.45) is 0.968. The Morgan fingerprint density at radius 2 is 2.12 bits per heavy atom. The molecule has 6 nitrogen and oxygen atoms in total. The quantitative estimate of drug-likeness (QED) is 0.731. The van der Waals surface area contributed by atoms with E-state index in [2.05, 4.69) is 0 Å². The summed E-state index contributed by atoms with van der Waals surface area (Å²) >= 11 is 0. The lowest BCUT2D eigenvalue weighted by molar-refractivity contribution is -0.130. The monoisotopic (exact) mass is 263 g/mol. The van der Waals surface area contributed by atoms with Gasteiger partial charge in [-0.05, 0) is 5.92 Å². The van der Waals surface area contributed by atoms with Crippen LogP contribution in [0.2, 0.25) is 0 Å². The van der Waals surface area contributed by atoms with Crippen molar-refractivity contribution in [1.82, 2.24) is 9.62 Å². The molecule has 0 unspecified atom stereocenters. The molecular formula is C10H19N2O4S. The third-order valence-electron chi connectivity index (χ3n) is 2.35. The maximum Gasteiger partial charge on any atom is 0.253 e. The molecule has 1 radical (unpaired) electrons. The number of hydrogen-bond acceptors (Lipinski definition) is 5. The van der Waals surface area contributed by atoms with Crippen LogP contribution < -0.4 is 4.72 Å². The fourth-order valence-electron chi connectivity index (χ4n) is 1.73. The standard InChI is InChI=1S/C10H19N2O4S/c1-8(2)6-12-4-5-16-7-9(12)10(13)11-17(3,14)15/h9H,4-7H2,1-3H3,(H,11,13)/t9-/m0/s1. The molecule has 0 saturated carbocycles. The Hall–Kier alpha value is -0.660. The molecule has 1 N–H and O–H groups in total. The Morgan fingerprint density at radius 3 is 2.65 bits per heavy atom. The normalized spacial score (nSPS) is 22.7. The van der Waals surface area contributed by atoms with Gasteiger partial charge in [-0.25, -0.2) is 8.42 Å². The molecule has 0 bridgehead atoms. The number of ether oxygens (including phenoxy) is 1. The zero-order chi connectivity index (χ0) is 13.1. The number of nitrogens with one attached hydrogen (secondary N) is 1. The number of morpholine rings is 1. The molecule has 0 aromatic heterocycles. The first-order chi connectivity index (χ1) is 7.79. The van der Waals surface area contributed by atoms with Gasteiger partial charge in [0.05, 0.1) is 19.5 Å². The van der Waals surface area contributed by atoms with E-state index in [-0.39, 0.29) is 6.61 Å². The highest BCUT2D eigenvalue weighted by molar-refractivity contribution is 7.89. The van der Waals surface area contributed by atoms with Gasteiger partial charge in [-0.3, -0.25) is 14.4 Å². The van der Waals surface area contributed by atoms with Crippen molar-refractivity contribution in [3.05, 3.63) is 5.92 Å². The van der Waals surface area contributed by atoms with Crippen LogP contribution in [0.25, 0.3) is 0 Å². The average molecular weight is 263 g/mol. The lowest BCUT2D eigenvalue weighted by Crippen LogP contribution is -2.55. The van der Waals surface area contributed by atoms with Crippen LogP contribution >= 0.6 is 0 Å². The van der Waals surface area contributed by atoms with Gasteiger partial charge in [0.15, 0.2) is 0 Å². The van der Waals surface area contributed by atoms with Crippen LogP contribution in [0.3, 0.4) is 0 Å². The summed E-state index contributed by atoms with van der Waals surface area (Å²) in [5.41, 5.74) is 0. The molecule has 1 saturated heterocycles. The number of carbonyl (C=O) groups is 1. The van der Waals surface area contributed by atoms with E-state index < -0.39 is 22.0 Å². The van der Waals surface area contributed by atoms with Gasteiger partial charge in [0.1, 0.15) is 6.04 Å². The first-order valence-electron chi connectivity index (χ1n) is 5.42. The van der Waals surface area contributed by atoms with E-state index in [4.69, 9.17) is 4.74 Å². The number of carbonyl (C=O) groups excluding carboxylic acids is 1. The summed E-state index contributed by atoms with van der Waals surface area (Å²) in [7, 11) is -3.51.